The Kier molecular flexibility index (Phi) is 5.38. The topological polar surface area (TPSA) is 51.6 Å². The van der Waals surface area contributed by atoms with Gasteiger partial charge < -0.3 is 14.6 Å². The van der Waals surface area contributed by atoms with Gasteiger partial charge in [0.25, 0.3) is 0 Å². The zero-order valence-corrected chi connectivity index (χ0v) is 12.8. The first kappa shape index (κ1) is 14.8. The van der Waals surface area contributed by atoms with E-state index in [0.717, 1.165) is 15.6 Å². The number of rotatable bonds is 6. The summed E-state index contributed by atoms with van der Waals surface area (Å²) in [4.78, 5) is 4.09. The first-order valence-electron chi connectivity index (χ1n) is 6.31. The van der Waals surface area contributed by atoms with E-state index in [4.69, 9.17) is 14.6 Å². The van der Waals surface area contributed by atoms with Crippen LogP contribution in [0.15, 0.2) is 41.1 Å². The second kappa shape index (κ2) is 7.26. The molecule has 0 aliphatic carbocycles. The van der Waals surface area contributed by atoms with Crippen molar-refractivity contribution in [1.29, 1.82) is 0 Å². The molecule has 0 radical (unpaired) electrons. The lowest BCUT2D eigenvalue weighted by molar-refractivity contribution is 0.263. The van der Waals surface area contributed by atoms with Gasteiger partial charge in [-0.05, 0) is 46.6 Å². The Morgan fingerprint density at radius 1 is 1.10 bits per heavy atom. The standard InChI is InChI=1S/C15H16BrNO3/c1-2-19-15-6-11(9-18)3-4-14(15)20-10-12-5-13(16)8-17-7-12/h3-8,18H,2,9-10H2,1H3. The number of benzene rings is 1. The zero-order chi connectivity index (χ0) is 14.4. The number of ether oxygens (including phenoxy) is 2. The Bertz CT molecular complexity index is 575. The molecule has 0 saturated heterocycles. The van der Waals surface area contributed by atoms with Crippen LogP contribution in [-0.4, -0.2) is 16.7 Å². The van der Waals surface area contributed by atoms with Crippen molar-refractivity contribution < 1.29 is 14.6 Å². The van der Waals surface area contributed by atoms with Gasteiger partial charge in [-0.1, -0.05) is 6.07 Å². The predicted octanol–water partition coefficient (Wildman–Crippen LogP) is 3.31. The Morgan fingerprint density at radius 2 is 1.95 bits per heavy atom. The van der Waals surface area contributed by atoms with E-state index in [1.165, 1.54) is 0 Å². The third-order valence-corrected chi connectivity index (χ3v) is 3.08. The molecule has 1 heterocycles. The van der Waals surface area contributed by atoms with E-state index in [1.54, 1.807) is 18.5 Å². The van der Waals surface area contributed by atoms with E-state index in [1.807, 2.05) is 25.1 Å². The molecule has 0 unspecified atom stereocenters. The average Bonchev–Trinajstić information content (AvgIpc) is 2.46. The molecule has 4 nitrogen and oxygen atoms in total. The lowest BCUT2D eigenvalue weighted by Crippen LogP contribution is -2.01. The van der Waals surface area contributed by atoms with Gasteiger partial charge >= 0.3 is 0 Å². The molecule has 0 aliphatic heterocycles. The summed E-state index contributed by atoms with van der Waals surface area (Å²) in [6.45, 7) is 2.85. The molecule has 2 rings (SSSR count). The zero-order valence-electron chi connectivity index (χ0n) is 11.2. The van der Waals surface area contributed by atoms with Crippen molar-refractivity contribution in [3.05, 3.63) is 52.3 Å². The Hall–Kier alpha value is -1.59. The van der Waals surface area contributed by atoms with E-state index < -0.39 is 0 Å². The number of hydrogen-bond donors (Lipinski definition) is 1. The van der Waals surface area contributed by atoms with Crippen LogP contribution in [0, 0.1) is 0 Å². The first-order valence-corrected chi connectivity index (χ1v) is 7.11. The molecule has 0 fully saturated rings. The van der Waals surface area contributed by atoms with Crippen LogP contribution in [0.2, 0.25) is 0 Å². The summed E-state index contributed by atoms with van der Waals surface area (Å²) in [6.07, 6.45) is 3.48. The third kappa shape index (κ3) is 3.95. The van der Waals surface area contributed by atoms with Gasteiger partial charge in [0.05, 0.1) is 13.2 Å². The Balaban J connectivity index is 2.12. The third-order valence-electron chi connectivity index (χ3n) is 2.65. The monoisotopic (exact) mass is 337 g/mol. The summed E-state index contributed by atoms with van der Waals surface area (Å²) in [7, 11) is 0. The number of aliphatic hydroxyl groups is 1. The van der Waals surface area contributed by atoms with E-state index in [-0.39, 0.29) is 6.61 Å². The molecular formula is C15H16BrNO3. The Morgan fingerprint density at radius 3 is 2.65 bits per heavy atom. The first-order chi connectivity index (χ1) is 9.72. The molecule has 1 aromatic heterocycles. The highest BCUT2D eigenvalue weighted by Crippen LogP contribution is 2.29. The normalized spacial score (nSPS) is 10.3. The molecule has 1 aromatic carbocycles. The summed E-state index contributed by atoms with van der Waals surface area (Å²) in [6, 6.07) is 7.37. The van der Waals surface area contributed by atoms with Crippen LogP contribution in [0.5, 0.6) is 11.5 Å². The van der Waals surface area contributed by atoms with Crippen LogP contribution in [-0.2, 0) is 13.2 Å². The van der Waals surface area contributed by atoms with Gasteiger partial charge in [-0.25, -0.2) is 0 Å². The van der Waals surface area contributed by atoms with Gasteiger partial charge in [-0.15, -0.1) is 0 Å². The molecule has 106 valence electrons. The quantitative estimate of drug-likeness (QED) is 0.878. The molecule has 0 bridgehead atoms. The van der Waals surface area contributed by atoms with Crippen LogP contribution in [0.25, 0.3) is 0 Å². The van der Waals surface area contributed by atoms with Gasteiger partial charge in [0.15, 0.2) is 11.5 Å². The Labute approximate surface area is 126 Å². The van der Waals surface area contributed by atoms with Crippen molar-refractivity contribution in [3.63, 3.8) is 0 Å². The van der Waals surface area contributed by atoms with Crippen LogP contribution in [0.4, 0.5) is 0 Å². The van der Waals surface area contributed by atoms with Crippen LogP contribution < -0.4 is 9.47 Å². The number of nitrogens with zero attached hydrogens (tertiary/aromatic N) is 1. The van der Waals surface area contributed by atoms with Gasteiger partial charge in [0, 0.05) is 22.4 Å². The molecule has 0 amide bonds. The van der Waals surface area contributed by atoms with Crippen LogP contribution in [0.3, 0.4) is 0 Å². The predicted molar refractivity (Wildman–Crippen MR) is 79.8 cm³/mol. The molecule has 0 atom stereocenters. The van der Waals surface area contributed by atoms with Crippen molar-refractivity contribution >= 4 is 15.9 Å². The SMILES string of the molecule is CCOc1cc(CO)ccc1OCc1cncc(Br)c1. The van der Waals surface area contributed by atoms with Crippen molar-refractivity contribution in [3.8, 4) is 11.5 Å². The number of pyridine rings is 1. The van der Waals surface area contributed by atoms with E-state index in [9.17, 15) is 0 Å². The van der Waals surface area contributed by atoms with Gasteiger partial charge in [0.1, 0.15) is 6.61 Å². The smallest absolute Gasteiger partial charge is 0.161 e. The number of hydrogen-bond acceptors (Lipinski definition) is 4. The summed E-state index contributed by atoms with van der Waals surface area (Å²) >= 11 is 3.38. The maximum atomic E-state index is 9.15. The minimum absolute atomic E-state index is 0.0180. The minimum atomic E-state index is -0.0180. The fourth-order valence-electron chi connectivity index (χ4n) is 1.73. The maximum absolute atomic E-state index is 9.15. The number of aromatic nitrogens is 1. The van der Waals surface area contributed by atoms with E-state index in [0.29, 0.717) is 24.7 Å². The number of aliphatic hydroxyl groups excluding tert-OH is 1. The molecule has 20 heavy (non-hydrogen) atoms. The van der Waals surface area contributed by atoms with Gasteiger partial charge in [-0.2, -0.15) is 0 Å². The van der Waals surface area contributed by atoms with E-state index in [2.05, 4.69) is 20.9 Å². The van der Waals surface area contributed by atoms with Crippen molar-refractivity contribution in [2.45, 2.75) is 20.1 Å². The summed E-state index contributed by atoms with van der Waals surface area (Å²) in [5.41, 5.74) is 1.76. The van der Waals surface area contributed by atoms with Gasteiger partial charge in [-0.3, -0.25) is 4.98 Å². The molecule has 0 spiro atoms. The van der Waals surface area contributed by atoms with Crippen molar-refractivity contribution in [2.24, 2.45) is 0 Å². The van der Waals surface area contributed by atoms with Crippen molar-refractivity contribution in [2.75, 3.05) is 6.61 Å². The number of halogens is 1. The fourth-order valence-corrected chi connectivity index (χ4v) is 2.15. The fraction of sp³-hybridized carbons (Fsp3) is 0.267. The maximum Gasteiger partial charge on any atom is 0.161 e. The summed E-state index contributed by atoms with van der Waals surface area (Å²) in [5, 5.41) is 9.15. The summed E-state index contributed by atoms with van der Waals surface area (Å²) in [5.74, 6) is 1.30. The molecule has 0 saturated carbocycles. The molecule has 5 heteroatoms. The highest BCUT2D eigenvalue weighted by molar-refractivity contribution is 9.10. The van der Waals surface area contributed by atoms with Crippen LogP contribution in [0.1, 0.15) is 18.1 Å². The molecule has 2 aromatic rings. The molecule has 1 N–H and O–H groups in total. The largest absolute Gasteiger partial charge is 0.490 e. The average molecular weight is 338 g/mol. The second-order valence-electron chi connectivity index (χ2n) is 4.17. The molecule has 0 aliphatic rings. The summed E-state index contributed by atoms with van der Waals surface area (Å²) < 4.78 is 12.2. The lowest BCUT2D eigenvalue weighted by atomic mass is 10.2. The van der Waals surface area contributed by atoms with E-state index >= 15 is 0 Å². The lowest BCUT2D eigenvalue weighted by Gasteiger charge is -2.13. The molecular weight excluding hydrogens is 322 g/mol. The second-order valence-corrected chi connectivity index (χ2v) is 5.09. The highest BCUT2D eigenvalue weighted by atomic mass is 79.9. The highest BCUT2D eigenvalue weighted by Gasteiger charge is 2.07. The van der Waals surface area contributed by atoms with Crippen LogP contribution >= 0.6 is 15.9 Å². The van der Waals surface area contributed by atoms with Gasteiger partial charge in [0.2, 0.25) is 0 Å². The minimum Gasteiger partial charge on any atom is -0.490 e. The van der Waals surface area contributed by atoms with Crippen molar-refractivity contribution in [1.82, 2.24) is 4.98 Å².